The second kappa shape index (κ2) is 6.05. The number of carbonyl (C=O) groups is 1. The number of pyridine rings is 2. The summed E-state index contributed by atoms with van der Waals surface area (Å²) in [7, 11) is 0. The van der Waals surface area contributed by atoms with Crippen LogP contribution in [0.2, 0.25) is 0 Å². The van der Waals surface area contributed by atoms with E-state index < -0.39 is 11.6 Å². The van der Waals surface area contributed by atoms with Gasteiger partial charge in [0, 0.05) is 22.6 Å². The third kappa shape index (κ3) is 2.27. The third-order valence-electron chi connectivity index (χ3n) is 7.38. The van der Waals surface area contributed by atoms with Crippen LogP contribution in [0.4, 0.5) is 5.69 Å². The summed E-state index contributed by atoms with van der Waals surface area (Å²) >= 11 is 0. The molecule has 3 N–H and O–H groups in total. The van der Waals surface area contributed by atoms with Gasteiger partial charge in [-0.05, 0) is 36.8 Å². The molecule has 1 fully saturated rings. The zero-order chi connectivity index (χ0) is 22.6. The molecule has 1 aliphatic carbocycles. The number of nitrogen functional groups attached to an aromatic ring is 1. The number of nitrogens with zero attached hydrogens (tertiary/aromatic N) is 2. The molecule has 33 heavy (non-hydrogen) atoms. The molecule has 4 aliphatic rings. The first-order chi connectivity index (χ1) is 15.9. The summed E-state index contributed by atoms with van der Waals surface area (Å²) in [6.07, 6.45) is 2.19. The zero-order valence-corrected chi connectivity index (χ0v) is 17.9. The van der Waals surface area contributed by atoms with Gasteiger partial charge in [0.2, 0.25) is 6.79 Å². The number of nitrogens with two attached hydrogens (primary N) is 1. The lowest BCUT2D eigenvalue weighted by Crippen LogP contribution is -2.44. The zero-order valence-electron chi connectivity index (χ0n) is 17.9. The van der Waals surface area contributed by atoms with E-state index >= 15 is 0 Å². The molecule has 2 aromatic heterocycles. The molecular formula is C24H21N3O6. The lowest BCUT2D eigenvalue weighted by molar-refractivity contribution is -0.172. The number of cyclic esters (lactones) is 1. The number of carbonyl (C=O) groups excluding carboxylic acids is 1. The van der Waals surface area contributed by atoms with E-state index in [0.717, 1.165) is 29.4 Å². The van der Waals surface area contributed by atoms with Crippen LogP contribution in [0.1, 0.15) is 54.4 Å². The molecule has 0 saturated heterocycles. The fraction of sp³-hybridized carbons (Fsp3) is 0.375. The van der Waals surface area contributed by atoms with Crippen LogP contribution in [0.25, 0.3) is 22.3 Å². The van der Waals surface area contributed by atoms with Gasteiger partial charge in [-0.1, -0.05) is 6.92 Å². The van der Waals surface area contributed by atoms with Crippen molar-refractivity contribution in [3.63, 3.8) is 0 Å². The van der Waals surface area contributed by atoms with Crippen LogP contribution in [-0.2, 0) is 28.3 Å². The molecule has 168 valence electrons. The largest absolute Gasteiger partial charge is 0.458 e. The molecule has 7 rings (SSSR count). The molecule has 0 spiro atoms. The van der Waals surface area contributed by atoms with Gasteiger partial charge in [-0.3, -0.25) is 4.79 Å². The van der Waals surface area contributed by atoms with Crippen molar-refractivity contribution in [1.82, 2.24) is 9.55 Å². The predicted molar refractivity (Wildman–Crippen MR) is 117 cm³/mol. The van der Waals surface area contributed by atoms with Gasteiger partial charge in [0.1, 0.15) is 6.61 Å². The van der Waals surface area contributed by atoms with Crippen molar-refractivity contribution in [2.24, 2.45) is 0 Å². The lowest BCUT2D eigenvalue weighted by Gasteiger charge is -2.31. The molecule has 5 heterocycles. The van der Waals surface area contributed by atoms with Crippen LogP contribution in [0.15, 0.2) is 16.9 Å². The first-order valence-electron chi connectivity index (χ1n) is 11.1. The van der Waals surface area contributed by atoms with Crippen molar-refractivity contribution in [2.45, 2.75) is 50.9 Å². The van der Waals surface area contributed by atoms with Crippen molar-refractivity contribution in [2.75, 3.05) is 12.5 Å². The molecule has 0 amide bonds. The number of ether oxygens (including phenoxy) is 3. The SMILES string of the molecule is CC[C@@]1(O)C(=O)OCc2c1cc1n(c2=O)Cc2c-1nc1cc3c(c(N)c1c2C1CC1)OCO3. The van der Waals surface area contributed by atoms with Gasteiger partial charge in [-0.2, -0.15) is 0 Å². The van der Waals surface area contributed by atoms with E-state index in [-0.39, 0.29) is 25.4 Å². The summed E-state index contributed by atoms with van der Waals surface area (Å²) in [5.74, 6) is 0.700. The van der Waals surface area contributed by atoms with E-state index in [9.17, 15) is 14.7 Å². The second-order valence-corrected chi connectivity index (χ2v) is 9.15. The average Bonchev–Trinajstić information content (AvgIpc) is 3.42. The van der Waals surface area contributed by atoms with Gasteiger partial charge in [-0.25, -0.2) is 9.78 Å². The van der Waals surface area contributed by atoms with E-state index in [1.165, 1.54) is 0 Å². The van der Waals surface area contributed by atoms with Gasteiger partial charge in [0.15, 0.2) is 17.1 Å². The Labute approximate surface area is 187 Å². The van der Waals surface area contributed by atoms with Crippen molar-refractivity contribution in [1.29, 1.82) is 0 Å². The van der Waals surface area contributed by atoms with E-state index in [1.807, 2.05) is 6.07 Å². The Morgan fingerprint density at radius 1 is 1.21 bits per heavy atom. The number of hydrogen-bond acceptors (Lipinski definition) is 8. The highest BCUT2D eigenvalue weighted by Crippen LogP contribution is 2.53. The number of benzene rings is 1. The molecule has 0 unspecified atom stereocenters. The summed E-state index contributed by atoms with van der Waals surface area (Å²) in [6, 6.07) is 3.57. The number of esters is 1. The highest BCUT2D eigenvalue weighted by molar-refractivity contribution is 6.01. The monoisotopic (exact) mass is 447 g/mol. The minimum Gasteiger partial charge on any atom is -0.458 e. The summed E-state index contributed by atoms with van der Waals surface area (Å²) in [5, 5.41) is 11.9. The van der Waals surface area contributed by atoms with E-state index in [0.29, 0.717) is 57.7 Å². The first kappa shape index (κ1) is 18.9. The summed E-state index contributed by atoms with van der Waals surface area (Å²) in [5.41, 5.74) is 9.57. The molecule has 1 atom stereocenters. The minimum atomic E-state index is -1.85. The van der Waals surface area contributed by atoms with Crippen LogP contribution in [0, 0.1) is 0 Å². The Balaban J connectivity index is 1.55. The summed E-state index contributed by atoms with van der Waals surface area (Å²) in [6.45, 7) is 2.02. The third-order valence-corrected chi connectivity index (χ3v) is 7.38. The van der Waals surface area contributed by atoms with Gasteiger partial charge in [0.25, 0.3) is 5.56 Å². The quantitative estimate of drug-likeness (QED) is 0.354. The van der Waals surface area contributed by atoms with Crippen molar-refractivity contribution >= 4 is 22.6 Å². The van der Waals surface area contributed by atoms with E-state index in [1.54, 1.807) is 17.6 Å². The normalized spacial score (nSPS) is 22.2. The number of aromatic nitrogens is 2. The van der Waals surface area contributed by atoms with Gasteiger partial charge in [-0.15, -0.1) is 0 Å². The van der Waals surface area contributed by atoms with Crippen molar-refractivity contribution in [3.05, 3.63) is 44.7 Å². The van der Waals surface area contributed by atoms with Crippen LogP contribution in [-0.4, -0.2) is 27.4 Å². The number of hydrogen-bond donors (Lipinski definition) is 2. The van der Waals surface area contributed by atoms with Gasteiger partial charge in [0.05, 0.1) is 34.7 Å². The smallest absolute Gasteiger partial charge is 0.343 e. The van der Waals surface area contributed by atoms with Gasteiger partial charge < -0.3 is 29.6 Å². The van der Waals surface area contributed by atoms with Crippen molar-refractivity contribution in [3.8, 4) is 22.9 Å². The van der Waals surface area contributed by atoms with E-state index in [4.69, 9.17) is 24.9 Å². The maximum absolute atomic E-state index is 13.5. The maximum Gasteiger partial charge on any atom is 0.343 e. The van der Waals surface area contributed by atoms with Crippen LogP contribution >= 0.6 is 0 Å². The van der Waals surface area contributed by atoms with Crippen LogP contribution in [0.5, 0.6) is 11.5 Å². The summed E-state index contributed by atoms with van der Waals surface area (Å²) < 4.78 is 18.0. The molecule has 9 nitrogen and oxygen atoms in total. The lowest BCUT2D eigenvalue weighted by atomic mass is 9.86. The maximum atomic E-state index is 13.5. The highest BCUT2D eigenvalue weighted by Gasteiger charge is 2.46. The molecule has 3 aliphatic heterocycles. The fourth-order valence-electron chi connectivity index (χ4n) is 5.50. The summed E-state index contributed by atoms with van der Waals surface area (Å²) in [4.78, 5) is 30.8. The van der Waals surface area contributed by atoms with Crippen LogP contribution < -0.4 is 20.8 Å². The molecule has 9 heteroatoms. The molecule has 3 aromatic rings. The topological polar surface area (TPSA) is 126 Å². The Kier molecular flexibility index (Phi) is 3.47. The fourth-order valence-corrected chi connectivity index (χ4v) is 5.50. The molecule has 1 saturated carbocycles. The van der Waals surface area contributed by atoms with Gasteiger partial charge >= 0.3 is 5.97 Å². The molecule has 1 aromatic carbocycles. The predicted octanol–water partition coefficient (Wildman–Crippen LogP) is 2.27. The van der Waals surface area contributed by atoms with Crippen molar-refractivity contribution < 1.29 is 24.1 Å². The highest BCUT2D eigenvalue weighted by atomic mass is 16.7. The Morgan fingerprint density at radius 3 is 2.79 bits per heavy atom. The number of anilines is 1. The Morgan fingerprint density at radius 2 is 2.03 bits per heavy atom. The molecule has 0 radical (unpaired) electrons. The second-order valence-electron chi connectivity index (χ2n) is 9.15. The number of aliphatic hydroxyl groups is 1. The standard InChI is InChI=1S/C24H21N3O6/c1-2-24(30)13-5-15-20-11(7-27(15)22(28)12(13)8-31-23(24)29)17(10-3-4-10)18-14(26-20)6-16-21(19(18)25)33-9-32-16/h5-6,10,30H,2-4,7-9,25H2,1H3/t24-/m0/s1. The molecule has 0 bridgehead atoms. The molecular weight excluding hydrogens is 426 g/mol. The Hall–Kier alpha value is -3.59. The minimum absolute atomic E-state index is 0.104. The first-order valence-corrected chi connectivity index (χ1v) is 11.1. The average molecular weight is 447 g/mol. The Bertz CT molecular complexity index is 1490. The van der Waals surface area contributed by atoms with Crippen LogP contribution in [0.3, 0.4) is 0 Å². The number of fused-ring (bicyclic) bond motifs is 6. The number of rotatable bonds is 2. The van der Waals surface area contributed by atoms with E-state index in [2.05, 4.69) is 0 Å².